The molecule has 2 heterocycles. The first-order valence-electron chi connectivity index (χ1n) is 8.44. The predicted octanol–water partition coefficient (Wildman–Crippen LogP) is 1.74. The Hall–Kier alpha value is -3.29. The number of ether oxygens (including phenoxy) is 3. The average Bonchev–Trinajstić information content (AvgIpc) is 2.61. The molecule has 27 heavy (non-hydrogen) atoms. The number of hydrogen-bond donors (Lipinski definition) is 1. The topological polar surface area (TPSA) is 118 Å². The molecular weight excluding hydrogens is 354 g/mol. The second kappa shape index (κ2) is 6.79. The summed E-state index contributed by atoms with van der Waals surface area (Å²) >= 11 is 0. The van der Waals surface area contributed by atoms with Crippen molar-refractivity contribution in [2.75, 3.05) is 13.2 Å². The van der Waals surface area contributed by atoms with E-state index in [9.17, 15) is 14.4 Å². The number of carbonyl (C=O) groups excluding carboxylic acids is 2. The molecule has 2 N–H and O–H groups in total. The van der Waals surface area contributed by atoms with Gasteiger partial charge in [0, 0.05) is 0 Å². The zero-order valence-electron chi connectivity index (χ0n) is 15.2. The molecule has 1 aliphatic rings. The molecule has 142 valence electrons. The van der Waals surface area contributed by atoms with Crippen molar-refractivity contribution in [1.82, 2.24) is 0 Å². The van der Waals surface area contributed by atoms with E-state index >= 15 is 0 Å². The first-order chi connectivity index (χ1) is 12.9. The molecule has 1 aromatic heterocycles. The fraction of sp³-hybridized carbons (Fsp3) is 0.316. The highest BCUT2D eigenvalue weighted by Crippen LogP contribution is 2.45. The Morgan fingerprint density at radius 3 is 2.48 bits per heavy atom. The molecule has 2 aromatic rings. The molecule has 0 saturated heterocycles. The van der Waals surface area contributed by atoms with Gasteiger partial charge < -0.3 is 24.4 Å². The maximum Gasteiger partial charge on any atom is 0.344 e. The number of para-hydroxylation sites is 1. The predicted molar refractivity (Wildman–Crippen MR) is 94.9 cm³/mol. The van der Waals surface area contributed by atoms with Gasteiger partial charge in [0.15, 0.2) is 5.75 Å². The van der Waals surface area contributed by atoms with Crippen LogP contribution in [0.15, 0.2) is 44.9 Å². The van der Waals surface area contributed by atoms with E-state index in [0.717, 1.165) is 0 Å². The Balaban J connectivity index is 2.39. The van der Waals surface area contributed by atoms with Crippen LogP contribution >= 0.6 is 0 Å². The summed E-state index contributed by atoms with van der Waals surface area (Å²) in [6, 6.07) is 6.65. The van der Waals surface area contributed by atoms with Crippen LogP contribution in [0.25, 0.3) is 11.0 Å². The van der Waals surface area contributed by atoms with Crippen molar-refractivity contribution in [3.8, 4) is 5.75 Å². The third-order valence-electron chi connectivity index (χ3n) is 4.39. The molecule has 0 saturated carbocycles. The minimum absolute atomic E-state index is 0.0412. The van der Waals surface area contributed by atoms with Crippen LogP contribution in [0.5, 0.6) is 5.75 Å². The minimum Gasteiger partial charge on any atom is -0.465 e. The lowest BCUT2D eigenvalue weighted by Gasteiger charge is -2.33. The van der Waals surface area contributed by atoms with E-state index in [1.165, 1.54) is 6.92 Å². The second-order valence-corrected chi connectivity index (χ2v) is 6.00. The number of rotatable bonds is 4. The number of esters is 2. The normalized spacial score (nSPS) is 18.6. The molecule has 0 aliphatic carbocycles. The molecule has 0 fully saturated rings. The van der Waals surface area contributed by atoms with Gasteiger partial charge in [0.1, 0.15) is 22.1 Å². The Labute approximate surface area is 154 Å². The summed E-state index contributed by atoms with van der Waals surface area (Å²) in [6.45, 7) is 4.68. The van der Waals surface area contributed by atoms with Gasteiger partial charge in [-0.2, -0.15) is 0 Å². The number of carbonyl (C=O) groups is 2. The fourth-order valence-electron chi connectivity index (χ4n) is 3.18. The standard InChI is InChI=1S/C19H19NO7/c1-4-24-16(21)13-15(20)27-14-10-8-6-7-9-11(10)26-17(22)12(14)19(13,3)18(23)25-5-2/h6-9H,4-5,20H2,1-3H3. The Bertz CT molecular complexity index is 1020. The molecule has 1 atom stereocenters. The number of benzene rings is 1. The molecule has 1 aliphatic heterocycles. The zero-order chi connectivity index (χ0) is 19.8. The van der Waals surface area contributed by atoms with Crippen LogP contribution in [0.4, 0.5) is 0 Å². The molecule has 0 radical (unpaired) electrons. The van der Waals surface area contributed by atoms with Crippen molar-refractivity contribution in [3.63, 3.8) is 0 Å². The van der Waals surface area contributed by atoms with Crippen LogP contribution in [0.1, 0.15) is 26.3 Å². The summed E-state index contributed by atoms with van der Waals surface area (Å²) in [5, 5.41) is 0.438. The Kier molecular flexibility index (Phi) is 4.65. The molecule has 8 nitrogen and oxygen atoms in total. The van der Waals surface area contributed by atoms with Gasteiger partial charge in [-0.25, -0.2) is 9.59 Å². The van der Waals surface area contributed by atoms with Crippen LogP contribution in [-0.4, -0.2) is 25.2 Å². The first kappa shape index (κ1) is 18.5. The number of fused-ring (bicyclic) bond motifs is 3. The Morgan fingerprint density at radius 1 is 1.15 bits per heavy atom. The summed E-state index contributed by atoms with van der Waals surface area (Å²) in [5.41, 5.74) is 3.14. The van der Waals surface area contributed by atoms with Gasteiger partial charge in [0.2, 0.25) is 5.88 Å². The van der Waals surface area contributed by atoms with E-state index in [1.807, 2.05) is 0 Å². The maximum atomic E-state index is 12.9. The van der Waals surface area contributed by atoms with E-state index in [0.29, 0.717) is 5.39 Å². The van der Waals surface area contributed by atoms with Crippen LogP contribution in [-0.2, 0) is 24.5 Å². The quantitative estimate of drug-likeness (QED) is 0.636. The minimum atomic E-state index is -1.84. The van der Waals surface area contributed by atoms with Gasteiger partial charge in [-0.15, -0.1) is 0 Å². The zero-order valence-corrected chi connectivity index (χ0v) is 15.2. The summed E-state index contributed by atoms with van der Waals surface area (Å²) in [4.78, 5) is 38.2. The largest absolute Gasteiger partial charge is 0.465 e. The molecule has 0 bridgehead atoms. The third kappa shape index (κ3) is 2.73. The van der Waals surface area contributed by atoms with Gasteiger partial charge in [0.25, 0.3) is 0 Å². The van der Waals surface area contributed by atoms with E-state index in [1.54, 1.807) is 38.1 Å². The highest BCUT2D eigenvalue weighted by molar-refractivity contribution is 6.04. The summed E-state index contributed by atoms with van der Waals surface area (Å²) in [6.07, 6.45) is 0. The summed E-state index contributed by atoms with van der Waals surface area (Å²) in [5.74, 6) is -1.97. The van der Waals surface area contributed by atoms with E-state index in [-0.39, 0.29) is 41.6 Å². The van der Waals surface area contributed by atoms with E-state index in [2.05, 4.69) is 0 Å². The van der Waals surface area contributed by atoms with Gasteiger partial charge in [-0.1, -0.05) is 12.1 Å². The summed E-state index contributed by atoms with van der Waals surface area (Å²) in [7, 11) is 0. The van der Waals surface area contributed by atoms with Gasteiger partial charge in [-0.05, 0) is 32.9 Å². The van der Waals surface area contributed by atoms with Crippen molar-refractivity contribution in [2.24, 2.45) is 5.73 Å². The maximum absolute atomic E-state index is 12.9. The molecule has 3 rings (SSSR count). The smallest absolute Gasteiger partial charge is 0.344 e. The molecule has 0 spiro atoms. The van der Waals surface area contributed by atoms with Crippen molar-refractivity contribution < 1.29 is 28.2 Å². The second-order valence-electron chi connectivity index (χ2n) is 6.00. The first-order valence-corrected chi connectivity index (χ1v) is 8.44. The number of nitrogens with two attached hydrogens (primary N) is 1. The average molecular weight is 373 g/mol. The molecule has 1 unspecified atom stereocenters. The SMILES string of the molecule is CCOC(=O)C1=C(N)Oc2c(c(=O)oc3ccccc23)C1(C)C(=O)OCC. The Morgan fingerprint density at radius 2 is 1.81 bits per heavy atom. The van der Waals surface area contributed by atoms with Crippen LogP contribution in [0.2, 0.25) is 0 Å². The molecule has 0 amide bonds. The number of hydrogen-bond acceptors (Lipinski definition) is 8. The van der Waals surface area contributed by atoms with E-state index < -0.39 is 23.0 Å². The molecule has 8 heteroatoms. The van der Waals surface area contributed by atoms with Crippen molar-refractivity contribution in [2.45, 2.75) is 26.2 Å². The monoisotopic (exact) mass is 373 g/mol. The van der Waals surface area contributed by atoms with Gasteiger partial charge in [0.05, 0.1) is 18.6 Å². The highest BCUT2D eigenvalue weighted by atomic mass is 16.5. The third-order valence-corrected chi connectivity index (χ3v) is 4.39. The fourth-order valence-corrected chi connectivity index (χ4v) is 3.18. The lowest BCUT2D eigenvalue weighted by Crippen LogP contribution is -2.47. The van der Waals surface area contributed by atoms with Crippen molar-refractivity contribution in [1.29, 1.82) is 0 Å². The highest BCUT2D eigenvalue weighted by Gasteiger charge is 2.53. The van der Waals surface area contributed by atoms with Gasteiger partial charge in [-0.3, -0.25) is 4.79 Å². The van der Waals surface area contributed by atoms with Crippen LogP contribution in [0.3, 0.4) is 0 Å². The van der Waals surface area contributed by atoms with Crippen molar-refractivity contribution in [3.05, 3.63) is 51.7 Å². The molecular formula is C19H19NO7. The van der Waals surface area contributed by atoms with Crippen LogP contribution < -0.4 is 16.1 Å². The summed E-state index contributed by atoms with van der Waals surface area (Å²) < 4.78 is 21.1. The van der Waals surface area contributed by atoms with Crippen LogP contribution in [0, 0.1) is 0 Å². The van der Waals surface area contributed by atoms with Gasteiger partial charge >= 0.3 is 17.6 Å². The lowest BCUT2D eigenvalue weighted by molar-refractivity contribution is -0.152. The lowest BCUT2D eigenvalue weighted by atomic mass is 9.74. The van der Waals surface area contributed by atoms with Crippen molar-refractivity contribution >= 4 is 22.9 Å². The molecule has 1 aromatic carbocycles. The van der Waals surface area contributed by atoms with E-state index in [4.69, 9.17) is 24.4 Å².